The Kier molecular flexibility index (Phi) is 10.8. The lowest BCUT2D eigenvalue weighted by molar-refractivity contribution is -0.160. The molecule has 0 aromatic carbocycles. The highest BCUT2D eigenvalue weighted by Crippen LogP contribution is 2.29. The Balaban J connectivity index is 2.93. The summed E-state index contributed by atoms with van der Waals surface area (Å²) in [4.78, 5) is 41.3. The number of hydrogen-bond donors (Lipinski definition) is 0. The zero-order valence-corrected chi connectivity index (χ0v) is 19.3. The topological polar surface area (TPSA) is 97.7 Å². The van der Waals surface area contributed by atoms with Crippen molar-refractivity contribution in [1.82, 2.24) is 9.80 Å². The lowest BCUT2D eigenvalue weighted by Crippen LogP contribution is -2.40. The van der Waals surface area contributed by atoms with Gasteiger partial charge in [0.05, 0.1) is 12.5 Å². The maximum atomic E-state index is 15.2. The largest absolute Gasteiger partial charge is 0.456 e. The van der Waals surface area contributed by atoms with Crippen molar-refractivity contribution in [2.45, 2.75) is 52.3 Å². The first-order chi connectivity index (χ1) is 14.5. The maximum absolute atomic E-state index is 15.2. The maximum Gasteiger partial charge on any atom is 0.308 e. The normalized spacial score (nSPS) is 24.1. The summed E-state index contributed by atoms with van der Waals surface area (Å²) in [5.41, 5.74) is 0. The fourth-order valence-electron chi connectivity index (χ4n) is 2.64. The molecule has 1 aliphatic rings. The van der Waals surface area contributed by atoms with Crippen molar-refractivity contribution in [1.29, 1.82) is 0 Å². The molecule has 176 valence electrons. The molecular formula is C21H34FN3O6. The number of amidine groups is 1. The summed E-state index contributed by atoms with van der Waals surface area (Å²) in [5.74, 6) is -0.893. The van der Waals surface area contributed by atoms with E-state index < -0.39 is 36.5 Å². The fraction of sp³-hybridized carbons (Fsp3) is 0.714. The number of hydrogen-bond acceptors (Lipinski definition) is 7. The van der Waals surface area contributed by atoms with Crippen LogP contribution in [0.1, 0.15) is 27.7 Å². The van der Waals surface area contributed by atoms with Gasteiger partial charge in [-0.2, -0.15) is 4.99 Å². The van der Waals surface area contributed by atoms with Gasteiger partial charge in [0, 0.05) is 33.3 Å². The number of likely N-dealkylation sites (N-methyl/N-ethyl adjacent to an activating group) is 1. The predicted octanol–water partition coefficient (Wildman–Crippen LogP) is 1.42. The Labute approximate surface area is 183 Å². The van der Waals surface area contributed by atoms with E-state index in [4.69, 9.17) is 14.2 Å². The van der Waals surface area contributed by atoms with E-state index in [2.05, 4.69) is 4.99 Å². The number of amides is 1. The average Bonchev–Trinajstić information content (AvgIpc) is 3.00. The SMILES string of the molecule is CC(C)C(=O)COCC1OC(N(C)C=CC(=NC=O)N(C)C)C(F)C1OC(=O)C(C)C. The number of Topliss-reactive ketones (excluding diaryl/α,β-unsaturated/α-hetero) is 1. The minimum absolute atomic E-state index is 0.0900. The van der Waals surface area contributed by atoms with E-state index in [-0.39, 0.29) is 24.9 Å². The average molecular weight is 444 g/mol. The Morgan fingerprint density at radius 3 is 2.32 bits per heavy atom. The highest BCUT2D eigenvalue weighted by Gasteiger charge is 2.49. The summed E-state index contributed by atoms with van der Waals surface area (Å²) in [7, 11) is 5.02. The van der Waals surface area contributed by atoms with Crippen molar-refractivity contribution >= 4 is 24.0 Å². The molecule has 4 atom stereocenters. The minimum Gasteiger partial charge on any atom is -0.456 e. The van der Waals surface area contributed by atoms with Gasteiger partial charge < -0.3 is 24.0 Å². The van der Waals surface area contributed by atoms with Crippen molar-refractivity contribution in [3.8, 4) is 0 Å². The number of rotatable bonds is 11. The number of halogens is 1. The molecule has 10 heteroatoms. The molecule has 1 aliphatic heterocycles. The van der Waals surface area contributed by atoms with Gasteiger partial charge in [-0.15, -0.1) is 0 Å². The molecule has 1 heterocycles. The predicted molar refractivity (Wildman–Crippen MR) is 113 cm³/mol. The molecule has 0 spiro atoms. The summed E-state index contributed by atoms with van der Waals surface area (Å²) in [5, 5.41) is 0. The fourth-order valence-corrected chi connectivity index (χ4v) is 2.64. The number of ketones is 1. The number of esters is 1. The molecule has 1 saturated heterocycles. The van der Waals surface area contributed by atoms with Crippen LogP contribution in [0.3, 0.4) is 0 Å². The van der Waals surface area contributed by atoms with E-state index in [1.54, 1.807) is 53.7 Å². The number of ether oxygens (including phenoxy) is 3. The van der Waals surface area contributed by atoms with E-state index in [1.165, 1.54) is 17.2 Å². The Bertz CT molecular complexity index is 680. The smallest absolute Gasteiger partial charge is 0.308 e. The standard InChI is InChI=1S/C21H34FN3O6/c1-13(2)15(27)10-29-11-16-19(31-21(28)14(3)4)18(22)20(30-16)25(7)9-8-17(23-12-26)24(5)6/h8-9,12-14,16,18-20H,10-11H2,1-7H3. The molecule has 1 fully saturated rings. The second-order valence-corrected chi connectivity index (χ2v) is 8.17. The van der Waals surface area contributed by atoms with Gasteiger partial charge in [-0.25, -0.2) is 4.39 Å². The van der Waals surface area contributed by atoms with Crippen LogP contribution in [0.4, 0.5) is 4.39 Å². The number of alkyl halides is 1. The first kappa shape index (κ1) is 26.7. The van der Waals surface area contributed by atoms with Gasteiger partial charge in [-0.05, 0) is 6.08 Å². The number of carbonyl (C=O) groups excluding carboxylic acids is 3. The summed E-state index contributed by atoms with van der Waals surface area (Å²) in [6, 6.07) is 0. The monoisotopic (exact) mass is 443 g/mol. The Hall–Kier alpha value is -2.33. The highest BCUT2D eigenvalue weighted by atomic mass is 19.1. The van der Waals surface area contributed by atoms with Crippen LogP contribution in [0.15, 0.2) is 17.3 Å². The van der Waals surface area contributed by atoms with Crippen LogP contribution >= 0.6 is 0 Å². The first-order valence-electron chi connectivity index (χ1n) is 10.2. The van der Waals surface area contributed by atoms with Crippen molar-refractivity contribution < 1.29 is 33.0 Å². The molecule has 0 N–H and O–H groups in total. The van der Waals surface area contributed by atoms with Crippen molar-refractivity contribution in [2.24, 2.45) is 16.8 Å². The molecular weight excluding hydrogens is 409 g/mol. The zero-order chi connectivity index (χ0) is 23.7. The van der Waals surface area contributed by atoms with E-state index in [0.29, 0.717) is 12.2 Å². The molecule has 0 radical (unpaired) electrons. The Morgan fingerprint density at radius 1 is 1.16 bits per heavy atom. The molecule has 0 bridgehead atoms. The molecule has 9 nitrogen and oxygen atoms in total. The minimum atomic E-state index is -1.66. The van der Waals surface area contributed by atoms with Crippen LogP contribution in [0.25, 0.3) is 0 Å². The zero-order valence-electron chi connectivity index (χ0n) is 19.3. The molecule has 0 aromatic rings. The van der Waals surface area contributed by atoms with E-state index in [0.717, 1.165) is 0 Å². The third-order valence-electron chi connectivity index (χ3n) is 4.66. The third kappa shape index (κ3) is 8.02. The van der Waals surface area contributed by atoms with Gasteiger partial charge in [0.2, 0.25) is 6.41 Å². The van der Waals surface area contributed by atoms with Gasteiger partial charge >= 0.3 is 5.97 Å². The van der Waals surface area contributed by atoms with E-state index >= 15 is 4.39 Å². The van der Waals surface area contributed by atoms with Gasteiger partial charge in [-0.3, -0.25) is 14.4 Å². The summed E-state index contributed by atoms with van der Waals surface area (Å²) >= 11 is 0. The molecule has 0 aliphatic carbocycles. The summed E-state index contributed by atoms with van der Waals surface area (Å²) < 4.78 is 31.8. The quantitative estimate of drug-likeness (QED) is 0.205. The molecule has 4 unspecified atom stereocenters. The molecule has 1 amide bonds. The highest BCUT2D eigenvalue weighted by molar-refractivity contribution is 5.96. The van der Waals surface area contributed by atoms with E-state index in [9.17, 15) is 14.4 Å². The lowest BCUT2D eigenvalue weighted by Gasteiger charge is -2.24. The second kappa shape index (κ2) is 12.5. The Morgan fingerprint density at radius 2 is 1.81 bits per heavy atom. The number of aliphatic imine (C=N–C) groups is 1. The van der Waals surface area contributed by atoms with Crippen LogP contribution in [0.2, 0.25) is 0 Å². The number of nitrogens with zero attached hydrogens (tertiary/aromatic N) is 3. The van der Waals surface area contributed by atoms with Crippen LogP contribution < -0.4 is 0 Å². The summed E-state index contributed by atoms with van der Waals surface area (Å²) in [6.07, 6.45) is -1.31. The lowest BCUT2D eigenvalue weighted by atomic mass is 10.1. The molecule has 0 aromatic heterocycles. The van der Waals surface area contributed by atoms with Crippen LogP contribution in [0, 0.1) is 11.8 Å². The van der Waals surface area contributed by atoms with Crippen LogP contribution in [-0.2, 0) is 28.6 Å². The third-order valence-corrected chi connectivity index (χ3v) is 4.66. The molecule has 31 heavy (non-hydrogen) atoms. The molecule has 1 rings (SSSR count). The number of carbonyl (C=O) groups is 3. The van der Waals surface area contributed by atoms with Crippen molar-refractivity contribution in [3.05, 3.63) is 12.3 Å². The van der Waals surface area contributed by atoms with Gasteiger partial charge in [-0.1, -0.05) is 27.7 Å². The second-order valence-electron chi connectivity index (χ2n) is 8.17. The van der Waals surface area contributed by atoms with Crippen LogP contribution in [-0.4, -0.2) is 92.8 Å². The van der Waals surface area contributed by atoms with Crippen molar-refractivity contribution in [2.75, 3.05) is 34.4 Å². The van der Waals surface area contributed by atoms with Gasteiger partial charge in [0.1, 0.15) is 18.5 Å². The van der Waals surface area contributed by atoms with Crippen LogP contribution in [0.5, 0.6) is 0 Å². The van der Waals surface area contributed by atoms with Gasteiger partial charge in [0.15, 0.2) is 24.3 Å². The molecule has 0 saturated carbocycles. The van der Waals surface area contributed by atoms with Crippen molar-refractivity contribution in [3.63, 3.8) is 0 Å². The van der Waals surface area contributed by atoms with Gasteiger partial charge in [0.25, 0.3) is 0 Å². The first-order valence-corrected chi connectivity index (χ1v) is 10.2. The summed E-state index contributed by atoms with van der Waals surface area (Å²) in [6.45, 7) is 6.59. The van der Waals surface area contributed by atoms with E-state index in [1.807, 2.05) is 0 Å².